The third-order valence-corrected chi connectivity index (χ3v) is 5.77. The maximum absolute atomic E-state index is 13.5. The average Bonchev–Trinajstić information content (AvgIpc) is 3.54. The molecule has 1 unspecified atom stereocenters. The second kappa shape index (κ2) is 7.80. The minimum atomic E-state index is -0.437. The van der Waals surface area contributed by atoms with Gasteiger partial charge >= 0.3 is 6.03 Å². The molecular formula is C20H22ClFN4O. The highest BCUT2D eigenvalue weighted by molar-refractivity contribution is 6.30. The van der Waals surface area contributed by atoms with E-state index in [-0.39, 0.29) is 17.1 Å². The van der Waals surface area contributed by atoms with Gasteiger partial charge in [-0.05, 0) is 55.4 Å². The molecule has 27 heavy (non-hydrogen) atoms. The van der Waals surface area contributed by atoms with Gasteiger partial charge in [0.25, 0.3) is 0 Å². The second-order valence-corrected chi connectivity index (χ2v) is 7.74. The van der Waals surface area contributed by atoms with E-state index in [0.717, 1.165) is 36.9 Å². The van der Waals surface area contributed by atoms with Gasteiger partial charge in [-0.15, -0.1) is 0 Å². The van der Waals surface area contributed by atoms with Crippen LogP contribution >= 0.6 is 11.6 Å². The van der Waals surface area contributed by atoms with Crippen LogP contribution in [0.2, 0.25) is 5.02 Å². The Balaban J connectivity index is 1.38. The summed E-state index contributed by atoms with van der Waals surface area (Å²) in [7, 11) is 0. The largest absolute Gasteiger partial charge is 0.331 e. The number of carbonyl (C=O) groups is 1. The molecule has 2 amide bonds. The molecule has 1 atom stereocenters. The van der Waals surface area contributed by atoms with E-state index in [2.05, 4.69) is 15.3 Å². The van der Waals surface area contributed by atoms with Crippen LogP contribution in [-0.4, -0.2) is 34.0 Å². The molecule has 0 radical (unpaired) electrons. The quantitative estimate of drug-likeness (QED) is 0.849. The number of likely N-dealkylation sites (tertiary alicyclic amines) is 1. The number of carbonyl (C=O) groups excluding carboxylic acids is 1. The molecule has 1 saturated carbocycles. The topological polar surface area (TPSA) is 58.1 Å². The summed E-state index contributed by atoms with van der Waals surface area (Å²) in [6.07, 6.45) is 7.24. The summed E-state index contributed by atoms with van der Waals surface area (Å²) < 4.78 is 13.5. The van der Waals surface area contributed by atoms with E-state index in [4.69, 9.17) is 11.6 Å². The Kier molecular flexibility index (Phi) is 5.25. The summed E-state index contributed by atoms with van der Waals surface area (Å²) in [6.45, 7) is 1.39. The highest BCUT2D eigenvalue weighted by Crippen LogP contribution is 2.42. The molecule has 0 bridgehead atoms. The third kappa shape index (κ3) is 4.21. The SMILES string of the molecule is O=C(NC(c1ccc(F)c(Cl)c1)C1CC1)N1CCC(c2ccncn2)CC1. The average molecular weight is 389 g/mol. The van der Waals surface area contributed by atoms with Crippen molar-refractivity contribution in [3.63, 3.8) is 0 Å². The first-order valence-corrected chi connectivity index (χ1v) is 9.76. The van der Waals surface area contributed by atoms with Gasteiger partial charge in [-0.25, -0.2) is 19.2 Å². The van der Waals surface area contributed by atoms with Crippen molar-refractivity contribution < 1.29 is 9.18 Å². The lowest BCUT2D eigenvalue weighted by molar-refractivity contribution is 0.176. The number of rotatable bonds is 4. The number of urea groups is 1. The Morgan fingerprint density at radius 2 is 2.00 bits per heavy atom. The summed E-state index contributed by atoms with van der Waals surface area (Å²) in [6, 6.07) is 6.48. The number of benzene rings is 1. The Morgan fingerprint density at radius 3 is 2.63 bits per heavy atom. The lowest BCUT2D eigenvalue weighted by Gasteiger charge is -2.33. The van der Waals surface area contributed by atoms with Gasteiger partial charge in [-0.2, -0.15) is 0 Å². The van der Waals surface area contributed by atoms with E-state index in [1.165, 1.54) is 6.07 Å². The van der Waals surface area contributed by atoms with E-state index in [1.54, 1.807) is 24.7 Å². The van der Waals surface area contributed by atoms with Crippen molar-refractivity contribution in [3.05, 3.63) is 58.9 Å². The normalized spacial score (nSPS) is 19.0. The summed E-state index contributed by atoms with van der Waals surface area (Å²) >= 11 is 5.93. The monoisotopic (exact) mass is 388 g/mol. The minimum Gasteiger partial charge on any atom is -0.331 e. The predicted octanol–water partition coefficient (Wildman–Crippen LogP) is 4.31. The molecule has 4 rings (SSSR count). The van der Waals surface area contributed by atoms with Crippen LogP contribution < -0.4 is 5.32 Å². The van der Waals surface area contributed by atoms with Crippen molar-refractivity contribution in [3.8, 4) is 0 Å². The maximum Gasteiger partial charge on any atom is 0.317 e. The first-order valence-electron chi connectivity index (χ1n) is 9.38. The zero-order valence-corrected chi connectivity index (χ0v) is 15.7. The number of hydrogen-bond acceptors (Lipinski definition) is 3. The van der Waals surface area contributed by atoms with Gasteiger partial charge in [-0.3, -0.25) is 0 Å². The molecule has 142 valence electrons. The van der Waals surface area contributed by atoms with E-state index < -0.39 is 5.82 Å². The summed E-state index contributed by atoms with van der Waals surface area (Å²) in [4.78, 5) is 22.9. The van der Waals surface area contributed by atoms with Crippen LogP contribution in [0.15, 0.2) is 36.8 Å². The van der Waals surface area contributed by atoms with E-state index in [0.29, 0.717) is 24.9 Å². The number of aromatic nitrogens is 2. The molecule has 2 heterocycles. The van der Waals surface area contributed by atoms with Crippen LogP contribution in [0, 0.1) is 11.7 Å². The summed E-state index contributed by atoms with van der Waals surface area (Å²) in [5.74, 6) is 0.328. The molecular weight excluding hydrogens is 367 g/mol. The predicted molar refractivity (Wildman–Crippen MR) is 101 cm³/mol. The zero-order chi connectivity index (χ0) is 18.8. The second-order valence-electron chi connectivity index (χ2n) is 7.33. The van der Waals surface area contributed by atoms with Gasteiger partial charge in [0.05, 0.1) is 11.1 Å². The van der Waals surface area contributed by atoms with Gasteiger partial charge < -0.3 is 10.2 Å². The molecule has 1 aromatic heterocycles. The number of piperidine rings is 1. The van der Waals surface area contributed by atoms with Crippen molar-refractivity contribution >= 4 is 17.6 Å². The molecule has 0 spiro atoms. The van der Waals surface area contributed by atoms with Crippen molar-refractivity contribution in [2.45, 2.75) is 37.6 Å². The maximum atomic E-state index is 13.5. The zero-order valence-electron chi connectivity index (χ0n) is 14.9. The van der Waals surface area contributed by atoms with Crippen molar-refractivity contribution in [1.29, 1.82) is 0 Å². The molecule has 2 aliphatic rings. The third-order valence-electron chi connectivity index (χ3n) is 5.48. The van der Waals surface area contributed by atoms with Crippen LogP contribution in [0.3, 0.4) is 0 Å². The first-order chi connectivity index (χ1) is 13.1. The van der Waals surface area contributed by atoms with Gasteiger partial charge in [0.1, 0.15) is 12.1 Å². The van der Waals surface area contributed by atoms with Gasteiger partial charge in [0.2, 0.25) is 0 Å². The molecule has 7 heteroatoms. The van der Waals surface area contributed by atoms with Gasteiger partial charge in [0.15, 0.2) is 0 Å². The lowest BCUT2D eigenvalue weighted by Crippen LogP contribution is -2.45. The van der Waals surface area contributed by atoms with Gasteiger partial charge in [0, 0.05) is 30.9 Å². The molecule has 1 aliphatic heterocycles. The molecule has 1 aliphatic carbocycles. The fraction of sp³-hybridized carbons (Fsp3) is 0.450. The molecule has 1 aromatic carbocycles. The number of halogens is 2. The van der Waals surface area contributed by atoms with Crippen LogP contribution in [0.4, 0.5) is 9.18 Å². The Morgan fingerprint density at radius 1 is 1.22 bits per heavy atom. The number of nitrogens with zero attached hydrogens (tertiary/aromatic N) is 3. The number of amides is 2. The molecule has 1 saturated heterocycles. The summed E-state index contributed by atoms with van der Waals surface area (Å²) in [5, 5.41) is 3.24. The first kappa shape index (κ1) is 18.2. The molecule has 5 nitrogen and oxygen atoms in total. The highest BCUT2D eigenvalue weighted by Gasteiger charge is 2.35. The number of nitrogens with one attached hydrogen (secondary N) is 1. The van der Waals surface area contributed by atoms with E-state index in [9.17, 15) is 9.18 Å². The molecule has 1 N–H and O–H groups in total. The lowest BCUT2D eigenvalue weighted by atomic mass is 9.93. The smallest absolute Gasteiger partial charge is 0.317 e. The van der Waals surface area contributed by atoms with E-state index in [1.807, 2.05) is 11.0 Å². The van der Waals surface area contributed by atoms with Crippen molar-refractivity contribution in [1.82, 2.24) is 20.2 Å². The van der Waals surface area contributed by atoms with Crippen LogP contribution in [-0.2, 0) is 0 Å². The number of hydrogen-bond donors (Lipinski definition) is 1. The molecule has 2 fully saturated rings. The van der Waals surface area contributed by atoms with Crippen LogP contribution in [0.5, 0.6) is 0 Å². The molecule has 2 aromatic rings. The minimum absolute atomic E-state index is 0.0616. The fourth-order valence-corrected chi connectivity index (χ4v) is 3.94. The summed E-state index contributed by atoms with van der Waals surface area (Å²) in [5.41, 5.74) is 1.91. The van der Waals surface area contributed by atoms with E-state index >= 15 is 0 Å². The Bertz CT molecular complexity index is 807. The standard InChI is InChI=1S/C20H22ClFN4O/c21-16-11-15(3-4-17(16)22)19(14-1-2-14)25-20(27)26-9-6-13(7-10-26)18-5-8-23-12-24-18/h3-5,8,11-14,19H,1-2,6-7,9-10H2,(H,25,27). The van der Waals surface area contributed by atoms with Crippen LogP contribution in [0.1, 0.15) is 48.9 Å². The Labute approximate surface area is 163 Å². The van der Waals surface area contributed by atoms with Crippen LogP contribution in [0.25, 0.3) is 0 Å². The van der Waals surface area contributed by atoms with Crippen molar-refractivity contribution in [2.75, 3.05) is 13.1 Å². The van der Waals surface area contributed by atoms with Gasteiger partial charge in [-0.1, -0.05) is 17.7 Å². The Hall–Kier alpha value is -2.21. The fourth-order valence-electron chi connectivity index (χ4n) is 3.75. The highest BCUT2D eigenvalue weighted by atomic mass is 35.5. The van der Waals surface area contributed by atoms with Crippen molar-refractivity contribution in [2.24, 2.45) is 5.92 Å².